The van der Waals surface area contributed by atoms with Gasteiger partial charge in [-0.2, -0.15) is 0 Å². The largest absolute Gasteiger partial charge is 0.293 e. The van der Waals surface area contributed by atoms with E-state index in [-0.39, 0.29) is 10.7 Å². The lowest BCUT2D eigenvalue weighted by Gasteiger charge is -2.09. The summed E-state index contributed by atoms with van der Waals surface area (Å²) in [5, 5.41) is 10.1. The van der Waals surface area contributed by atoms with E-state index in [1.54, 1.807) is 6.92 Å². The maximum Gasteiger partial charge on any atom is 0.293 e. The summed E-state index contributed by atoms with van der Waals surface area (Å²) >= 11 is 18.0. The van der Waals surface area contributed by atoms with Gasteiger partial charge in [-0.15, -0.1) is 0 Å². The van der Waals surface area contributed by atoms with E-state index in [2.05, 4.69) is 4.98 Å². The molecule has 0 aliphatic heterocycles. The summed E-state index contributed by atoms with van der Waals surface area (Å²) in [6, 6.07) is 2.95. The molecule has 0 saturated carbocycles. The van der Waals surface area contributed by atoms with E-state index in [0.29, 0.717) is 26.5 Å². The first-order chi connectivity index (χ1) is 8.45. The molecular weight excluding hydrogens is 298 g/mol. The molecule has 1 amide bonds. The fourth-order valence-corrected chi connectivity index (χ4v) is 2.46. The zero-order chi connectivity index (χ0) is 13.4. The number of carbonyl (C=O) groups excluding carboxylic acids is 1. The van der Waals surface area contributed by atoms with E-state index >= 15 is 0 Å². The van der Waals surface area contributed by atoms with Crippen molar-refractivity contribution in [3.63, 3.8) is 0 Å². The fourth-order valence-electron chi connectivity index (χ4n) is 1.66. The molecule has 0 radical (unpaired) electrons. The first-order valence-corrected chi connectivity index (χ1v) is 5.98. The summed E-state index contributed by atoms with van der Waals surface area (Å²) in [4.78, 5) is 15.4. The molecule has 7 heteroatoms. The second kappa shape index (κ2) is 4.90. The highest BCUT2D eigenvalue weighted by Gasteiger charge is 2.15. The van der Waals surface area contributed by atoms with Crippen LogP contribution in [0.4, 0.5) is 0 Å². The number of aromatic nitrogens is 1. The summed E-state index contributed by atoms with van der Waals surface area (Å²) in [5.74, 6) is -0.720. The molecule has 2 rings (SSSR count). The number of aryl methyl sites for hydroxylation is 1. The van der Waals surface area contributed by atoms with Crippen molar-refractivity contribution in [2.75, 3.05) is 0 Å². The van der Waals surface area contributed by atoms with Crippen molar-refractivity contribution in [1.82, 2.24) is 10.5 Å². The van der Waals surface area contributed by atoms with E-state index in [0.717, 1.165) is 0 Å². The summed E-state index contributed by atoms with van der Waals surface area (Å²) in [6.45, 7) is 1.75. The summed E-state index contributed by atoms with van der Waals surface area (Å²) < 4.78 is 0. The van der Waals surface area contributed by atoms with E-state index < -0.39 is 5.91 Å². The normalized spacial score (nSPS) is 10.7. The number of halogens is 3. The Balaban J connectivity index is 2.86. The van der Waals surface area contributed by atoms with Gasteiger partial charge >= 0.3 is 0 Å². The van der Waals surface area contributed by atoms with Crippen LogP contribution in [0.1, 0.15) is 16.1 Å². The van der Waals surface area contributed by atoms with Crippen molar-refractivity contribution in [3.05, 3.63) is 38.5 Å². The first-order valence-electron chi connectivity index (χ1n) is 4.85. The van der Waals surface area contributed by atoms with Crippen LogP contribution in [0.25, 0.3) is 10.9 Å². The second-order valence-corrected chi connectivity index (χ2v) is 4.84. The van der Waals surface area contributed by atoms with Crippen LogP contribution in [0.3, 0.4) is 0 Å². The van der Waals surface area contributed by atoms with E-state index in [9.17, 15) is 4.79 Å². The summed E-state index contributed by atoms with van der Waals surface area (Å²) in [6.07, 6.45) is 0. The molecule has 1 heterocycles. The molecule has 0 spiro atoms. The Morgan fingerprint density at radius 3 is 2.56 bits per heavy atom. The number of benzene rings is 1. The van der Waals surface area contributed by atoms with Crippen molar-refractivity contribution < 1.29 is 10.0 Å². The molecule has 0 unspecified atom stereocenters. The number of rotatable bonds is 1. The van der Waals surface area contributed by atoms with Gasteiger partial charge in [-0.1, -0.05) is 34.8 Å². The van der Waals surface area contributed by atoms with Gasteiger partial charge in [0.1, 0.15) is 5.69 Å². The standard InChI is InChI=1S/C11H7Cl3N2O2/c1-4-2-7(11(17)16-18)15-10-6(13)3-5(12)9(14)8(4)10/h2-3,18H,1H3,(H,16,17). The number of nitrogens with one attached hydrogen (secondary N) is 1. The predicted molar refractivity (Wildman–Crippen MR) is 70.8 cm³/mol. The van der Waals surface area contributed by atoms with Gasteiger partial charge < -0.3 is 0 Å². The molecule has 0 saturated heterocycles. The molecule has 0 fully saturated rings. The smallest absolute Gasteiger partial charge is 0.288 e. The average Bonchev–Trinajstić information content (AvgIpc) is 2.34. The minimum absolute atomic E-state index is 0.0442. The molecule has 0 bridgehead atoms. The highest BCUT2D eigenvalue weighted by Crippen LogP contribution is 2.36. The Hall–Kier alpha value is -1.07. The van der Waals surface area contributed by atoms with Crippen LogP contribution < -0.4 is 5.48 Å². The number of carbonyl (C=O) groups is 1. The highest BCUT2D eigenvalue weighted by molar-refractivity contribution is 6.47. The SMILES string of the molecule is Cc1cc(C(=O)NO)nc2c(Cl)cc(Cl)c(Cl)c12. The van der Waals surface area contributed by atoms with Gasteiger partial charge in [0.15, 0.2) is 0 Å². The summed E-state index contributed by atoms with van der Waals surface area (Å²) in [5.41, 5.74) is 2.61. The third kappa shape index (κ3) is 2.12. The quantitative estimate of drug-likeness (QED) is 0.480. The first kappa shape index (κ1) is 13.4. The molecule has 2 N–H and O–H groups in total. The third-order valence-corrected chi connectivity index (χ3v) is 3.54. The number of hydrogen-bond acceptors (Lipinski definition) is 3. The van der Waals surface area contributed by atoms with E-state index in [4.69, 9.17) is 40.0 Å². The lowest BCUT2D eigenvalue weighted by molar-refractivity contribution is 0.0701. The summed E-state index contributed by atoms with van der Waals surface area (Å²) in [7, 11) is 0. The van der Waals surface area contributed by atoms with Gasteiger partial charge in [0.05, 0.1) is 20.6 Å². The van der Waals surface area contributed by atoms with E-state index in [1.807, 2.05) is 0 Å². The van der Waals surface area contributed by atoms with Gasteiger partial charge in [0, 0.05) is 5.39 Å². The van der Waals surface area contributed by atoms with Crippen LogP contribution in [0.5, 0.6) is 0 Å². The topological polar surface area (TPSA) is 62.2 Å². The van der Waals surface area contributed by atoms with Crippen LogP contribution in [-0.2, 0) is 0 Å². The minimum atomic E-state index is -0.720. The highest BCUT2D eigenvalue weighted by atomic mass is 35.5. The van der Waals surface area contributed by atoms with Gasteiger partial charge in [-0.05, 0) is 24.6 Å². The van der Waals surface area contributed by atoms with Crippen LogP contribution in [-0.4, -0.2) is 16.1 Å². The zero-order valence-corrected chi connectivity index (χ0v) is 11.4. The Kier molecular flexibility index (Phi) is 3.64. The number of fused-ring (bicyclic) bond motifs is 1. The van der Waals surface area contributed by atoms with Gasteiger partial charge in [0.2, 0.25) is 0 Å². The van der Waals surface area contributed by atoms with Crippen LogP contribution in [0.15, 0.2) is 12.1 Å². The zero-order valence-electron chi connectivity index (χ0n) is 9.09. The third-order valence-electron chi connectivity index (χ3n) is 2.46. The molecule has 94 valence electrons. The Morgan fingerprint density at radius 1 is 1.28 bits per heavy atom. The molecular formula is C11H7Cl3N2O2. The van der Waals surface area contributed by atoms with Crippen LogP contribution >= 0.6 is 34.8 Å². The van der Waals surface area contributed by atoms with Gasteiger partial charge in [0.25, 0.3) is 5.91 Å². The Bertz CT molecular complexity index is 659. The molecule has 1 aromatic carbocycles. The van der Waals surface area contributed by atoms with E-state index in [1.165, 1.54) is 17.6 Å². The van der Waals surface area contributed by atoms with Crippen LogP contribution in [0, 0.1) is 6.92 Å². The van der Waals surface area contributed by atoms with Crippen molar-refractivity contribution in [3.8, 4) is 0 Å². The van der Waals surface area contributed by atoms with Gasteiger partial charge in [-0.25, -0.2) is 10.5 Å². The fraction of sp³-hybridized carbons (Fsp3) is 0.0909. The number of hydrogen-bond donors (Lipinski definition) is 2. The van der Waals surface area contributed by atoms with Crippen molar-refractivity contribution in [1.29, 1.82) is 0 Å². The predicted octanol–water partition coefficient (Wildman–Crippen LogP) is 3.62. The molecule has 2 aromatic rings. The lowest BCUT2D eigenvalue weighted by atomic mass is 10.1. The minimum Gasteiger partial charge on any atom is -0.288 e. The van der Waals surface area contributed by atoms with Gasteiger partial charge in [-0.3, -0.25) is 10.0 Å². The molecule has 1 aromatic heterocycles. The van der Waals surface area contributed by atoms with Crippen molar-refractivity contribution in [2.45, 2.75) is 6.92 Å². The maximum absolute atomic E-state index is 11.3. The monoisotopic (exact) mass is 304 g/mol. The maximum atomic E-state index is 11.3. The van der Waals surface area contributed by atoms with Crippen molar-refractivity contribution >= 4 is 51.6 Å². The van der Waals surface area contributed by atoms with Crippen molar-refractivity contribution in [2.24, 2.45) is 0 Å². The molecule has 0 atom stereocenters. The second-order valence-electron chi connectivity index (χ2n) is 3.64. The number of pyridine rings is 1. The molecule has 4 nitrogen and oxygen atoms in total. The lowest BCUT2D eigenvalue weighted by Crippen LogP contribution is -2.20. The Morgan fingerprint density at radius 2 is 1.94 bits per heavy atom. The number of nitrogens with zero attached hydrogens (tertiary/aromatic N) is 1. The molecule has 18 heavy (non-hydrogen) atoms. The van der Waals surface area contributed by atoms with Crippen LogP contribution in [0.2, 0.25) is 15.1 Å². The number of amides is 1. The average molecular weight is 306 g/mol. The molecule has 0 aliphatic rings. The Labute approximate surface area is 117 Å². The number of hydroxylamine groups is 1. The molecule has 0 aliphatic carbocycles.